The maximum Gasteiger partial charge on any atom is 0.416 e. The number of para-hydroxylation sites is 1. The summed E-state index contributed by atoms with van der Waals surface area (Å²) in [5.74, 6) is 1.04. The van der Waals surface area contributed by atoms with E-state index >= 15 is 0 Å². The number of methoxy groups -OCH3 is 1. The van der Waals surface area contributed by atoms with E-state index in [-0.39, 0.29) is 6.10 Å². The molecule has 0 radical (unpaired) electrons. The van der Waals surface area contributed by atoms with Crippen LogP contribution in [0, 0.1) is 0 Å². The maximum absolute atomic E-state index is 13.2. The van der Waals surface area contributed by atoms with Crippen molar-refractivity contribution in [2.24, 2.45) is 0 Å². The Labute approximate surface area is 126 Å². The smallest absolute Gasteiger partial charge is 0.416 e. The highest BCUT2D eigenvalue weighted by Crippen LogP contribution is 2.45. The molecule has 0 aromatic heterocycles. The van der Waals surface area contributed by atoms with Gasteiger partial charge in [-0.05, 0) is 30.7 Å². The quantitative estimate of drug-likeness (QED) is 0.800. The topological polar surface area (TPSA) is 18.5 Å². The second kappa shape index (κ2) is 5.23. The first-order valence-electron chi connectivity index (χ1n) is 6.94. The summed E-state index contributed by atoms with van der Waals surface area (Å²) in [6.45, 7) is 1.85. The Kier molecular flexibility index (Phi) is 3.51. The van der Waals surface area contributed by atoms with Crippen molar-refractivity contribution in [3.63, 3.8) is 0 Å². The van der Waals surface area contributed by atoms with Gasteiger partial charge >= 0.3 is 6.18 Å². The van der Waals surface area contributed by atoms with Crippen molar-refractivity contribution < 1.29 is 22.6 Å². The minimum absolute atomic E-state index is 0.132. The third-order valence-corrected chi connectivity index (χ3v) is 3.72. The fourth-order valence-electron chi connectivity index (χ4n) is 2.76. The number of hydrogen-bond donors (Lipinski definition) is 0. The first kappa shape index (κ1) is 14.8. The molecule has 1 atom stereocenters. The van der Waals surface area contributed by atoms with E-state index in [2.05, 4.69) is 0 Å². The Morgan fingerprint density at radius 3 is 2.55 bits per heavy atom. The fraction of sp³-hybridized carbons (Fsp3) is 0.294. The van der Waals surface area contributed by atoms with Crippen molar-refractivity contribution in [2.75, 3.05) is 7.11 Å². The second-order valence-electron chi connectivity index (χ2n) is 5.34. The number of halogens is 3. The summed E-state index contributed by atoms with van der Waals surface area (Å²) < 4.78 is 50.5. The van der Waals surface area contributed by atoms with Gasteiger partial charge < -0.3 is 9.47 Å². The van der Waals surface area contributed by atoms with Gasteiger partial charge in [-0.15, -0.1) is 0 Å². The Morgan fingerprint density at radius 1 is 1.14 bits per heavy atom. The van der Waals surface area contributed by atoms with Gasteiger partial charge in [-0.1, -0.05) is 18.2 Å². The van der Waals surface area contributed by atoms with Crippen molar-refractivity contribution >= 4 is 0 Å². The molecule has 116 valence electrons. The lowest BCUT2D eigenvalue weighted by molar-refractivity contribution is -0.137. The average molecular weight is 308 g/mol. The van der Waals surface area contributed by atoms with Gasteiger partial charge in [-0.2, -0.15) is 13.2 Å². The third kappa shape index (κ3) is 2.51. The lowest BCUT2D eigenvalue weighted by Gasteiger charge is -2.15. The molecule has 22 heavy (non-hydrogen) atoms. The number of rotatable bonds is 2. The first-order valence-corrected chi connectivity index (χ1v) is 6.94. The lowest BCUT2D eigenvalue weighted by Crippen LogP contribution is -2.06. The van der Waals surface area contributed by atoms with Gasteiger partial charge in [0.2, 0.25) is 0 Å². The molecule has 2 nitrogen and oxygen atoms in total. The Hall–Kier alpha value is -2.17. The molecule has 1 unspecified atom stereocenters. The van der Waals surface area contributed by atoms with Crippen molar-refractivity contribution in [1.29, 1.82) is 0 Å². The molecule has 0 spiro atoms. The monoisotopic (exact) mass is 308 g/mol. The molecule has 0 fully saturated rings. The van der Waals surface area contributed by atoms with Crippen molar-refractivity contribution in [1.82, 2.24) is 0 Å². The summed E-state index contributed by atoms with van der Waals surface area (Å²) in [6.07, 6.45) is -4.05. The summed E-state index contributed by atoms with van der Waals surface area (Å²) in [5, 5.41) is 0. The Morgan fingerprint density at radius 2 is 1.86 bits per heavy atom. The van der Waals surface area contributed by atoms with E-state index in [1.807, 2.05) is 6.92 Å². The minimum atomic E-state index is -4.39. The molecule has 0 saturated heterocycles. The molecule has 0 N–H and O–H groups in total. The summed E-state index contributed by atoms with van der Waals surface area (Å²) >= 11 is 0. The summed E-state index contributed by atoms with van der Waals surface area (Å²) in [4.78, 5) is 0. The first-order chi connectivity index (χ1) is 10.4. The fourth-order valence-corrected chi connectivity index (χ4v) is 2.76. The predicted molar refractivity (Wildman–Crippen MR) is 77.2 cm³/mol. The van der Waals surface area contributed by atoms with Crippen molar-refractivity contribution in [3.05, 3.63) is 47.5 Å². The van der Waals surface area contributed by atoms with Crippen LogP contribution in [0.1, 0.15) is 18.1 Å². The third-order valence-electron chi connectivity index (χ3n) is 3.72. The van der Waals surface area contributed by atoms with Crippen LogP contribution in [-0.4, -0.2) is 13.2 Å². The highest BCUT2D eigenvalue weighted by molar-refractivity contribution is 5.78. The van der Waals surface area contributed by atoms with E-state index in [4.69, 9.17) is 9.47 Å². The molecule has 1 heterocycles. The van der Waals surface area contributed by atoms with E-state index in [1.165, 1.54) is 13.2 Å². The zero-order chi connectivity index (χ0) is 15.9. The molecule has 0 aliphatic carbocycles. The summed E-state index contributed by atoms with van der Waals surface area (Å²) in [6, 6.07) is 9.32. The van der Waals surface area contributed by atoms with E-state index in [9.17, 15) is 13.2 Å². The van der Waals surface area contributed by atoms with Gasteiger partial charge in [-0.25, -0.2) is 0 Å². The molecule has 0 amide bonds. The molecular weight excluding hydrogens is 293 g/mol. The molecule has 2 aromatic rings. The number of fused-ring (bicyclic) bond motifs is 1. The number of alkyl halides is 3. The van der Waals surface area contributed by atoms with Crippen molar-refractivity contribution in [2.45, 2.75) is 25.6 Å². The SMILES string of the molecule is COc1ccccc1-c1cc(C(F)(F)F)cc2c1OC(C)C2. The molecule has 3 rings (SSSR count). The van der Waals surface area contributed by atoms with Gasteiger partial charge in [0.15, 0.2) is 0 Å². The Balaban J connectivity index is 2.24. The highest BCUT2D eigenvalue weighted by atomic mass is 19.4. The van der Waals surface area contributed by atoms with Gasteiger partial charge in [0.25, 0.3) is 0 Å². The van der Waals surface area contributed by atoms with Crippen LogP contribution in [0.4, 0.5) is 13.2 Å². The van der Waals surface area contributed by atoms with Gasteiger partial charge in [-0.3, -0.25) is 0 Å². The van der Waals surface area contributed by atoms with E-state index in [0.29, 0.717) is 34.6 Å². The van der Waals surface area contributed by atoms with E-state index in [1.54, 1.807) is 24.3 Å². The van der Waals surface area contributed by atoms with Crippen molar-refractivity contribution in [3.8, 4) is 22.6 Å². The summed E-state index contributed by atoms with van der Waals surface area (Å²) in [7, 11) is 1.50. The zero-order valence-electron chi connectivity index (χ0n) is 12.2. The predicted octanol–water partition coefficient (Wildman–Crippen LogP) is 4.70. The van der Waals surface area contributed by atoms with Crippen LogP contribution in [0.2, 0.25) is 0 Å². The second-order valence-corrected chi connectivity index (χ2v) is 5.34. The largest absolute Gasteiger partial charge is 0.496 e. The molecule has 0 saturated carbocycles. The van der Waals surface area contributed by atoms with Gasteiger partial charge in [0.05, 0.1) is 12.7 Å². The summed E-state index contributed by atoms with van der Waals surface area (Å²) in [5.41, 5.74) is 0.946. The lowest BCUT2D eigenvalue weighted by atomic mass is 9.96. The standard InChI is InChI=1S/C17H15F3O2/c1-10-7-11-8-12(17(18,19)20)9-14(16(11)22-10)13-5-3-4-6-15(13)21-2/h3-6,8-10H,7H2,1-2H3. The molecular formula is C17H15F3O2. The van der Waals surface area contributed by atoms with Gasteiger partial charge in [0.1, 0.15) is 17.6 Å². The number of ether oxygens (including phenoxy) is 2. The van der Waals surface area contributed by atoms with E-state index in [0.717, 1.165) is 6.07 Å². The van der Waals surface area contributed by atoms with Gasteiger partial charge in [0, 0.05) is 17.5 Å². The minimum Gasteiger partial charge on any atom is -0.496 e. The normalized spacial score (nSPS) is 17.0. The molecule has 1 aliphatic heterocycles. The van der Waals surface area contributed by atoms with Crippen LogP contribution >= 0.6 is 0 Å². The zero-order valence-corrected chi connectivity index (χ0v) is 12.2. The van der Waals surface area contributed by atoms with Crippen LogP contribution in [0.25, 0.3) is 11.1 Å². The number of benzene rings is 2. The molecule has 0 bridgehead atoms. The van der Waals surface area contributed by atoms with Crippen LogP contribution < -0.4 is 9.47 Å². The molecule has 5 heteroatoms. The average Bonchev–Trinajstić information content (AvgIpc) is 2.85. The van der Waals surface area contributed by atoms with Crippen LogP contribution in [0.5, 0.6) is 11.5 Å². The highest BCUT2D eigenvalue weighted by Gasteiger charge is 2.35. The maximum atomic E-state index is 13.2. The number of hydrogen-bond acceptors (Lipinski definition) is 2. The Bertz CT molecular complexity index is 708. The molecule has 2 aromatic carbocycles. The van der Waals surface area contributed by atoms with E-state index < -0.39 is 11.7 Å². The van der Waals surface area contributed by atoms with Crippen LogP contribution in [0.3, 0.4) is 0 Å². The van der Waals surface area contributed by atoms with Crippen LogP contribution in [-0.2, 0) is 12.6 Å². The van der Waals surface area contributed by atoms with Crippen LogP contribution in [0.15, 0.2) is 36.4 Å². The molecule has 1 aliphatic rings.